The van der Waals surface area contributed by atoms with Crippen molar-refractivity contribution in [3.63, 3.8) is 0 Å². The number of halogens is 2. The van der Waals surface area contributed by atoms with Gasteiger partial charge >= 0.3 is 0 Å². The lowest BCUT2D eigenvalue weighted by Gasteiger charge is -2.40. The van der Waals surface area contributed by atoms with Crippen LogP contribution in [-0.4, -0.2) is 31.6 Å². The van der Waals surface area contributed by atoms with E-state index in [-0.39, 0.29) is 5.56 Å². The van der Waals surface area contributed by atoms with E-state index in [1.54, 1.807) is 7.05 Å². The molecule has 0 aliphatic rings. The first kappa shape index (κ1) is 14.1. The van der Waals surface area contributed by atoms with Gasteiger partial charge in [0.2, 0.25) is 0 Å². The Morgan fingerprint density at radius 1 is 1.18 bits per heavy atom. The van der Waals surface area contributed by atoms with E-state index in [1.165, 1.54) is 18.2 Å². The third kappa shape index (κ3) is 2.64. The summed E-state index contributed by atoms with van der Waals surface area (Å²) in [5.74, 6) is -1.03. The molecule has 1 aromatic carbocycles. The van der Waals surface area contributed by atoms with Gasteiger partial charge in [-0.15, -0.1) is 0 Å². The Bertz CT molecular complexity index is 369. The molecule has 1 rings (SSSR count). The molecule has 0 radical (unpaired) electrons. The largest absolute Gasteiger partial charge is 0.311 e. The summed E-state index contributed by atoms with van der Waals surface area (Å²) in [5.41, 5.74) is -0.314. The maximum atomic E-state index is 13.8. The van der Waals surface area contributed by atoms with Gasteiger partial charge in [0.15, 0.2) is 0 Å². The lowest BCUT2D eigenvalue weighted by atomic mass is 9.87. The van der Waals surface area contributed by atoms with Crippen LogP contribution in [-0.2, 0) is 0 Å². The molecule has 96 valence electrons. The number of nitrogens with one attached hydrogen (secondary N) is 1. The van der Waals surface area contributed by atoms with Gasteiger partial charge in [-0.05, 0) is 47.1 Å². The summed E-state index contributed by atoms with van der Waals surface area (Å²) in [6, 6.07) is 3.53. The van der Waals surface area contributed by atoms with Crippen LogP contribution in [0.5, 0.6) is 0 Å². The van der Waals surface area contributed by atoms with Crippen molar-refractivity contribution in [2.45, 2.75) is 25.4 Å². The average molecular weight is 242 g/mol. The quantitative estimate of drug-likeness (QED) is 0.873. The van der Waals surface area contributed by atoms with Gasteiger partial charge in [0.1, 0.15) is 11.6 Å². The molecule has 2 nitrogen and oxygen atoms in total. The molecule has 0 bridgehead atoms. The molecule has 1 N–H and O–H groups in total. The highest BCUT2D eigenvalue weighted by atomic mass is 19.1. The van der Waals surface area contributed by atoms with Crippen molar-refractivity contribution in [2.24, 2.45) is 0 Å². The van der Waals surface area contributed by atoms with Crippen molar-refractivity contribution in [3.8, 4) is 0 Å². The minimum atomic E-state index is -0.515. The van der Waals surface area contributed by atoms with Crippen LogP contribution in [0.3, 0.4) is 0 Å². The van der Waals surface area contributed by atoms with Crippen LogP contribution in [0, 0.1) is 11.6 Å². The van der Waals surface area contributed by atoms with Gasteiger partial charge in [-0.3, -0.25) is 0 Å². The van der Waals surface area contributed by atoms with E-state index in [4.69, 9.17) is 0 Å². The Balaban J connectivity index is 3.28. The van der Waals surface area contributed by atoms with Crippen molar-refractivity contribution in [2.75, 3.05) is 21.1 Å². The maximum absolute atomic E-state index is 13.8. The van der Waals surface area contributed by atoms with Crippen molar-refractivity contribution in [3.05, 3.63) is 35.4 Å². The van der Waals surface area contributed by atoms with E-state index in [0.717, 1.165) is 0 Å². The second kappa shape index (κ2) is 5.10. The van der Waals surface area contributed by atoms with Crippen molar-refractivity contribution in [1.82, 2.24) is 10.2 Å². The van der Waals surface area contributed by atoms with Crippen LogP contribution >= 0.6 is 0 Å². The first-order valence-electron chi connectivity index (χ1n) is 5.61. The predicted molar refractivity (Wildman–Crippen MR) is 65.9 cm³/mol. The molecule has 0 aliphatic carbocycles. The second-order valence-electron chi connectivity index (χ2n) is 4.91. The number of hydrogen-bond donors (Lipinski definition) is 1. The third-order valence-electron chi connectivity index (χ3n) is 3.44. The normalized spacial score (nSPS) is 14.1. The topological polar surface area (TPSA) is 15.3 Å². The van der Waals surface area contributed by atoms with E-state index >= 15 is 0 Å². The Labute approximate surface area is 102 Å². The van der Waals surface area contributed by atoms with Crippen molar-refractivity contribution < 1.29 is 8.78 Å². The Morgan fingerprint density at radius 2 is 1.65 bits per heavy atom. The first-order valence-corrected chi connectivity index (χ1v) is 5.61. The molecule has 4 heteroatoms. The molecule has 0 aromatic heterocycles. The van der Waals surface area contributed by atoms with Gasteiger partial charge in [0.05, 0.1) is 6.04 Å². The summed E-state index contributed by atoms with van der Waals surface area (Å²) < 4.78 is 27.6. The molecule has 1 aromatic rings. The summed E-state index contributed by atoms with van der Waals surface area (Å²) in [6.45, 7) is 3.89. The number of likely N-dealkylation sites (N-methyl/N-ethyl adjacent to an activating group) is 2. The van der Waals surface area contributed by atoms with E-state index in [0.29, 0.717) is 0 Å². The van der Waals surface area contributed by atoms with Crippen LogP contribution < -0.4 is 5.32 Å². The maximum Gasteiger partial charge on any atom is 0.130 e. The fraction of sp³-hybridized carbons (Fsp3) is 0.538. The molecule has 17 heavy (non-hydrogen) atoms. The molecule has 0 saturated carbocycles. The van der Waals surface area contributed by atoms with E-state index in [9.17, 15) is 8.78 Å². The summed E-state index contributed by atoms with van der Waals surface area (Å²) in [4.78, 5) is 1.94. The zero-order valence-electron chi connectivity index (χ0n) is 11.0. The van der Waals surface area contributed by atoms with Gasteiger partial charge < -0.3 is 10.2 Å². The highest BCUT2D eigenvalue weighted by Gasteiger charge is 2.35. The highest BCUT2D eigenvalue weighted by molar-refractivity contribution is 5.26. The van der Waals surface area contributed by atoms with Gasteiger partial charge in [0, 0.05) is 11.1 Å². The summed E-state index contributed by atoms with van der Waals surface area (Å²) >= 11 is 0. The molecule has 1 atom stereocenters. The molecule has 0 aliphatic heterocycles. The average Bonchev–Trinajstić information content (AvgIpc) is 2.23. The molecule has 0 heterocycles. The van der Waals surface area contributed by atoms with Crippen LogP contribution in [0.2, 0.25) is 0 Å². The second-order valence-corrected chi connectivity index (χ2v) is 4.91. The van der Waals surface area contributed by atoms with E-state index in [1.807, 2.05) is 32.8 Å². The molecular formula is C13H20F2N2. The lowest BCUT2D eigenvalue weighted by molar-refractivity contribution is 0.138. The zero-order valence-corrected chi connectivity index (χ0v) is 11.0. The third-order valence-corrected chi connectivity index (χ3v) is 3.44. The van der Waals surface area contributed by atoms with Crippen LogP contribution in [0.15, 0.2) is 18.2 Å². The highest BCUT2D eigenvalue weighted by Crippen LogP contribution is 2.32. The zero-order chi connectivity index (χ0) is 13.2. The SMILES string of the molecule is CNC(c1c(F)cccc1F)C(C)(C)N(C)C. The molecule has 0 fully saturated rings. The van der Waals surface area contributed by atoms with E-state index < -0.39 is 23.2 Å². The predicted octanol–water partition coefficient (Wildman–Crippen LogP) is 2.57. The smallest absolute Gasteiger partial charge is 0.130 e. The summed E-state index contributed by atoms with van der Waals surface area (Å²) in [7, 11) is 5.49. The minimum Gasteiger partial charge on any atom is -0.311 e. The Hall–Kier alpha value is -1.00. The fourth-order valence-corrected chi connectivity index (χ4v) is 1.90. The van der Waals surface area contributed by atoms with Crippen molar-refractivity contribution >= 4 is 0 Å². The summed E-state index contributed by atoms with van der Waals surface area (Å²) in [5, 5.41) is 3.00. The molecule has 0 spiro atoms. The molecule has 0 amide bonds. The van der Waals surface area contributed by atoms with Gasteiger partial charge in [-0.25, -0.2) is 8.78 Å². The van der Waals surface area contributed by atoms with Crippen LogP contribution in [0.4, 0.5) is 8.78 Å². The number of hydrogen-bond acceptors (Lipinski definition) is 2. The summed E-state index contributed by atoms with van der Waals surface area (Å²) in [6.07, 6.45) is 0. The van der Waals surface area contributed by atoms with Crippen LogP contribution in [0.1, 0.15) is 25.5 Å². The number of benzene rings is 1. The molecule has 1 unspecified atom stereocenters. The Kier molecular flexibility index (Phi) is 4.22. The monoisotopic (exact) mass is 242 g/mol. The van der Waals surface area contributed by atoms with Gasteiger partial charge in [-0.2, -0.15) is 0 Å². The Morgan fingerprint density at radius 3 is 2.00 bits per heavy atom. The molecule has 0 saturated heterocycles. The number of rotatable bonds is 4. The van der Waals surface area contributed by atoms with Crippen molar-refractivity contribution in [1.29, 1.82) is 0 Å². The van der Waals surface area contributed by atoms with E-state index in [2.05, 4.69) is 5.32 Å². The standard InChI is InChI=1S/C13H20F2N2/c1-13(2,17(4)5)12(16-3)11-9(14)7-6-8-10(11)15/h6-8,12,16H,1-5H3. The first-order chi connectivity index (χ1) is 7.82. The van der Waals surface area contributed by atoms with Gasteiger partial charge in [-0.1, -0.05) is 6.07 Å². The fourth-order valence-electron chi connectivity index (χ4n) is 1.90. The number of nitrogens with zero attached hydrogens (tertiary/aromatic N) is 1. The molecular weight excluding hydrogens is 222 g/mol. The van der Waals surface area contributed by atoms with Gasteiger partial charge in [0.25, 0.3) is 0 Å². The minimum absolute atomic E-state index is 0.0914. The lowest BCUT2D eigenvalue weighted by Crippen LogP contribution is -2.49. The van der Waals surface area contributed by atoms with Crippen LogP contribution in [0.25, 0.3) is 0 Å².